The molecule has 70 valence electrons. The molecule has 0 amide bonds. The van der Waals surface area contributed by atoms with Gasteiger partial charge in [0.25, 0.3) is 0 Å². The predicted molar refractivity (Wildman–Crippen MR) is 43.0 cm³/mol. The van der Waals surface area contributed by atoms with Gasteiger partial charge >= 0.3 is 5.97 Å². The Labute approximate surface area is 74.5 Å². The number of carbonyl (C=O) groups is 1. The monoisotopic (exact) mass is 182 g/mol. The van der Waals surface area contributed by atoms with Crippen molar-refractivity contribution in [2.75, 3.05) is 0 Å². The summed E-state index contributed by atoms with van der Waals surface area (Å²) >= 11 is 0. The summed E-state index contributed by atoms with van der Waals surface area (Å²) in [6.45, 7) is 0. The molecule has 5 heteroatoms. The maximum absolute atomic E-state index is 11.0. The van der Waals surface area contributed by atoms with Crippen LogP contribution in [0.1, 0.15) is 18.5 Å². The lowest BCUT2D eigenvalue weighted by molar-refractivity contribution is -0.148. The van der Waals surface area contributed by atoms with Crippen LogP contribution < -0.4 is 5.73 Å². The fourth-order valence-electron chi connectivity index (χ4n) is 1.79. The van der Waals surface area contributed by atoms with Crippen LogP contribution in [0, 0.1) is 0 Å². The Bertz CT molecular complexity index is 314. The molecule has 1 fully saturated rings. The van der Waals surface area contributed by atoms with Gasteiger partial charge in [-0.05, 0) is 12.8 Å². The molecule has 0 aliphatic heterocycles. The van der Waals surface area contributed by atoms with Crippen LogP contribution in [0.5, 0.6) is 0 Å². The number of carboxylic acids is 1. The van der Waals surface area contributed by atoms with Crippen molar-refractivity contribution in [3.8, 4) is 0 Å². The Kier molecular flexibility index (Phi) is 1.63. The first-order valence-electron chi connectivity index (χ1n) is 4.05. The summed E-state index contributed by atoms with van der Waals surface area (Å²) in [6.07, 6.45) is 2.26. The number of nitrogens with zero attached hydrogens (tertiary/aromatic N) is 1. The predicted octanol–water partition coefficient (Wildman–Crippen LogP) is 0.118. The van der Waals surface area contributed by atoms with Crippen LogP contribution >= 0.6 is 0 Å². The van der Waals surface area contributed by atoms with E-state index in [9.17, 15) is 4.79 Å². The molecule has 1 aromatic rings. The zero-order valence-electron chi connectivity index (χ0n) is 6.93. The van der Waals surface area contributed by atoms with Gasteiger partial charge in [0.15, 0.2) is 0 Å². The second-order valence-corrected chi connectivity index (χ2v) is 3.44. The van der Waals surface area contributed by atoms with Crippen molar-refractivity contribution < 1.29 is 14.4 Å². The van der Waals surface area contributed by atoms with Gasteiger partial charge in [-0.3, -0.25) is 4.79 Å². The first-order valence-corrected chi connectivity index (χ1v) is 4.05. The van der Waals surface area contributed by atoms with Crippen molar-refractivity contribution >= 4 is 5.97 Å². The highest BCUT2D eigenvalue weighted by atomic mass is 16.5. The smallest absolute Gasteiger partial charge is 0.315 e. The number of rotatable bonds is 2. The summed E-state index contributed by atoms with van der Waals surface area (Å²) in [5.41, 5.74) is 5.15. The first-order chi connectivity index (χ1) is 6.15. The molecular weight excluding hydrogens is 172 g/mol. The molecular formula is C8H10N2O3. The van der Waals surface area contributed by atoms with Crippen molar-refractivity contribution in [1.29, 1.82) is 0 Å². The summed E-state index contributed by atoms with van der Waals surface area (Å²) in [5, 5.41) is 12.7. The number of nitrogens with two attached hydrogens (primary N) is 1. The molecule has 0 saturated heterocycles. The molecule has 1 aliphatic carbocycles. The fourth-order valence-corrected chi connectivity index (χ4v) is 1.79. The van der Waals surface area contributed by atoms with Crippen molar-refractivity contribution in [2.45, 2.75) is 24.3 Å². The number of hydrogen-bond donors (Lipinski definition) is 2. The minimum Gasteiger partial charge on any atom is -0.481 e. The van der Waals surface area contributed by atoms with Gasteiger partial charge in [0.2, 0.25) is 0 Å². The summed E-state index contributed by atoms with van der Waals surface area (Å²) in [7, 11) is 0. The van der Waals surface area contributed by atoms with Gasteiger partial charge in [0.1, 0.15) is 17.4 Å². The lowest BCUT2D eigenvalue weighted by Crippen LogP contribution is -2.54. The number of hydrogen-bond acceptors (Lipinski definition) is 4. The molecule has 0 aromatic carbocycles. The van der Waals surface area contributed by atoms with Crippen LogP contribution in [0.2, 0.25) is 0 Å². The Hall–Kier alpha value is -1.36. The molecule has 1 aliphatic rings. The molecule has 0 spiro atoms. The van der Waals surface area contributed by atoms with Gasteiger partial charge in [-0.25, -0.2) is 0 Å². The van der Waals surface area contributed by atoms with E-state index >= 15 is 0 Å². The second kappa shape index (κ2) is 2.56. The zero-order chi connectivity index (χ0) is 9.47. The van der Waals surface area contributed by atoms with E-state index in [1.807, 2.05) is 0 Å². The third-order valence-corrected chi connectivity index (χ3v) is 2.56. The minimum atomic E-state index is -0.896. The van der Waals surface area contributed by atoms with E-state index in [4.69, 9.17) is 10.8 Å². The van der Waals surface area contributed by atoms with Crippen LogP contribution in [0.3, 0.4) is 0 Å². The molecule has 1 heterocycles. The summed E-state index contributed by atoms with van der Waals surface area (Å²) < 4.78 is 4.63. The summed E-state index contributed by atoms with van der Waals surface area (Å²) in [6, 6.07) is 1.55. The van der Waals surface area contributed by atoms with Gasteiger partial charge in [-0.15, -0.1) is 0 Å². The lowest BCUT2D eigenvalue weighted by Gasteiger charge is -2.40. The SMILES string of the molecule is NC1CC(C(=O)O)(c2ccon2)C1. The molecule has 5 nitrogen and oxygen atoms in total. The molecule has 13 heavy (non-hydrogen) atoms. The summed E-state index contributed by atoms with van der Waals surface area (Å²) in [5.74, 6) is -0.872. The van der Waals surface area contributed by atoms with E-state index in [2.05, 4.69) is 9.68 Å². The standard InChI is InChI=1S/C8H10N2O3/c9-5-3-8(4-5,7(11)12)6-1-2-13-10-6/h1-2,5H,3-4,9H2,(H,11,12). The Morgan fingerprint density at radius 3 is 2.85 bits per heavy atom. The topological polar surface area (TPSA) is 89.4 Å². The quantitative estimate of drug-likeness (QED) is 0.678. The molecule has 1 saturated carbocycles. The van der Waals surface area contributed by atoms with Gasteiger partial charge in [-0.1, -0.05) is 5.16 Å². The molecule has 0 unspecified atom stereocenters. The molecule has 3 N–H and O–H groups in total. The van der Waals surface area contributed by atoms with Crippen LogP contribution in [0.4, 0.5) is 0 Å². The normalized spacial score (nSPS) is 32.5. The van der Waals surface area contributed by atoms with Gasteiger partial charge in [0.05, 0.1) is 0 Å². The third kappa shape index (κ3) is 1.04. The molecule has 0 radical (unpaired) electrons. The average Bonchev–Trinajstić information content (AvgIpc) is 2.49. The van der Waals surface area contributed by atoms with Crippen molar-refractivity contribution in [3.63, 3.8) is 0 Å². The van der Waals surface area contributed by atoms with Gasteiger partial charge in [-0.2, -0.15) is 0 Å². The third-order valence-electron chi connectivity index (χ3n) is 2.56. The van der Waals surface area contributed by atoms with Crippen LogP contribution in [0.25, 0.3) is 0 Å². The minimum absolute atomic E-state index is 0.0344. The van der Waals surface area contributed by atoms with E-state index in [-0.39, 0.29) is 6.04 Å². The average molecular weight is 182 g/mol. The molecule has 1 aromatic heterocycles. The van der Waals surface area contributed by atoms with Crippen LogP contribution in [-0.2, 0) is 10.2 Å². The molecule has 0 bridgehead atoms. The number of aliphatic carboxylic acids is 1. The van der Waals surface area contributed by atoms with E-state index < -0.39 is 11.4 Å². The van der Waals surface area contributed by atoms with E-state index in [0.29, 0.717) is 18.5 Å². The second-order valence-electron chi connectivity index (χ2n) is 3.44. The maximum Gasteiger partial charge on any atom is 0.315 e. The number of aromatic nitrogens is 1. The van der Waals surface area contributed by atoms with Gasteiger partial charge in [0, 0.05) is 12.1 Å². The molecule has 0 atom stereocenters. The van der Waals surface area contributed by atoms with E-state index in [1.54, 1.807) is 6.07 Å². The van der Waals surface area contributed by atoms with E-state index in [0.717, 1.165) is 0 Å². The van der Waals surface area contributed by atoms with Crippen molar-refractivity contribution in [2.24, 2.45) is 5.73 Å². The Morgan fingerprint density at radius 1 is 1.77 bits per heavy atom. The largest absolute Gasteiger partial charge is 0.481 e. The fraction of sp³-hybridized carbons (Fsp3) is 0.500. The van der Waals surface area contributed by atoms with Crippen molar-refractivity contribution in [3.05, 3.63) is 18.0 Å². The van der Waals surface area contributed by atoms with E-state index in [1.165, 1.54) is 6.26 Å². The highest BCUT2D eigenvalue weighted by molar-refractivity contribution is 5.82. The Morgan fingerprint density at radius 2 is 2.46 bits per heavy atom. The Balaban J connectivity index is 2.31. The zero-order valence-corrected chi connectivity index (χ0v) is 6.93. The first kappa shape index (κ1) is 8.25. The van der Waals surface area contributed by atoms with Crippen molar-refractivity contribution in [1.82, 2.24) is 5.16 Å². The van der Waals surface area contributed by atoms with Crippen LogP contribution in [-0.4, -0.2) is 22.3 Å². The maximum atomic E-state index is 11.0. The highest BCUT2D eigenvalue weighted by Gasteiger charge is 2.52. The lowest BCUT2D eigenvalue weighted by atomic mass is 9.64. The highest BCUT2D eigenvalue weighted by Crippen LogP contribution is 2.42. The van der Waals surface area contributed by atoms with Gasteiger partial charge < -0.3 is 15.4 Å². The summed E-state index contributed by atoms with van der Waals surface area (Å²) in [4.78, 5) is 11.0. The molecule has 2 rings (SSSR count). The van der Waals surface area contributed by atoms with Crippen LogP contribution in [0.15, 0.2) is 16.9 Å². The number of carboxylic acid groups (broad SMARTS) is 1.